The fourth-order valence-corrected chi connectivity index (χ4v) is 2.74. The van der Waals surface area contributed by atoms with Crippen LogP contribution in [0.1, 0.15) is 24.4 Å². The predicted octanol–water partition coefficient (Wildman–Crippen LogP) is 2.68. The standard InChI is InChI=1S/C15H18N2O2.ClH/c1-10-8-17(9-11(2)16-10)15(18)14-7-12-5-3-4-6-13(12)19-14;/h3-7,10-11,16H,8-9H2,1-2H3;1H. The summed E-state index contributed by atoms with van der Waals surface area (Å²) in [5.74, 6) is 0.416. The summed E-state index contributed by atoms with van der Waals surface area (Å²) in [7, 11) is 0. The second kappa shape index (κ2) is 5.85. The van der Waals surface area contributed by atoms with Gasteiger partial charge in [0.05, 0.1) is 0 Å². The summed E-state index contributed by atoms with van der Waals surface area (Å²) in [4.78, 5) is 14.3. The van der Waals surface area contributed by atoms with E-state index in [1.54, 1.807) is 0 Å². The molecule has 2 aromatic rings. The van der Waals surface area contributed by atoms with Gasteiger partial charge in [-0.25, -0.2) is 0 Å². The Balaban J connectivity index is 0.00000147. The van der Waals surface area contributed by atoms with Crippen LogP contribution in [-0.4, -0.2) is 36.0 Å². The van der Waals surface area contributed by atoms with Crippen LogP contribution < -0.4 is 5.32 Å². The largest absolute Gasteiger partial charge is 0.451 e. The number of benzene rings is 1. The molecule has 0 spiro atoms. The molecule has 0 saturated carbocycles. The number of carbonyl (C=O) groups is 1. The number of nitrogens with one attached hydrogen (secondary N) is 1. The Hall–Kier alpha value is -1.52. The quantitative estimate of drug-likeness (QED) is 0.879. The summed E-state index contributed by atoms with van der Waals surface area (Å²) in [6.45, 7) is 5.63. The molecule has 108 valence electrons. The molecule has 0 bridgehead atoms. The first-order valence-corrected chi connectivity index (χ1v) is 6.67. The van der Waals surface area contributed by atoms with Gasteiger partial charge in [-0.05, 0) is 26.0 Å². The van der Waals surface area contributed by atoms with Crippen molar-refractivity contribution in [3.8, 4) is 0 Å². The molecule has 1 fully saturated rings. The van der Waals surface area contributed by atoms with Crippen molar-refractivity contribution in [2.24, 2.45) is 0 Å². The molecule has 3 rings (SSSR count). The molecule has 20 heavy (non-hydrogen) atoms. The third-order valence-electron chi connectivity index (χ3n) is 3.48. The van der Waals surface area contributed by atoms with E-state index in [9.17, 15) is 4.79 Å². The third-order valence-corrected chi connectivity index (χ3v) is 3.48. The zero-order valence-electron chi connectivity index (χ0n) is 11.6. The SMILES string of the molecule is CC1CN(C(=O)c2cc3ccccc3o2)CC(C)N1.Cl. The summed E-state index contributed by atoms with van der Waals surface area (Å²) >= 11 is 0. The molecule has 5 heteroatoms. The maximum Gasteiger partial charge on any atom is 0.289 e. The average molecular weight is 295 g/mol. The number of para-hydroxylation sites is 1. The Labute approximate surface area is 124 Å². The van der Waals surface area contributed by atoms with Crippen molar-refractivity contribution in [1.29, 1.82) is 0 Å². The summed E-state index contributed by atoms with van der Waals surface area (Å²) in [6, 6.07) is 10.2. The molecule has 1 saturated heterocycles. The molecule has 0 aliphatic carbocycles. The van der Waals surface area contributed by atoms with Crippen LogP contribution in [0.2, 0.25) is 0 Å². The average Bonchev–Trinajstić information content (AvgIpc) is 2.80. The van der Waals surface area contributed by atoms with E-state index in [1.165, 1.54) is 0 Å². The van der Waals surface area contributed by atoms with Gasteiger partial charge in [-0.1, -0.05) is 18.2 Å². The van der Waals surface area contributed by atoms with Crippen molar-refractivity contribution in [3.63, 3.8) is 0 Å². The van der Waals surface area contributed by atoms with E-state index in [-0.39, 0.29) is 18.3 Å². The predicted molar refractivity (Wildman–Crippen MR) is 81.4 cm³/mol. The number of piperazine rings is 1. The van der Waals surface area contributed by atoms with Crippen molar-refractivity contribution in [3.05, 3.63) is 36.1 Å². The monoisotopic (exact) mass is 294 g/mol. The minimum atomic E-state index is -0.0172. The van der Waals surface area contributed by atoms with E-state index >= 15 is 0 Å². The van der Waals surface area contributed by atoms with Crippen molar-refractivity contribution < 1.29 is 9.21 Å². The maximum absolute atomic E-state index is 12.5. The van der Waals surface area contributed by atoms with Gasteiger partial charge in [0.1, 0.15) is 5.58 Å². The molecule has 4 nitrogen and oxygen atoms in total. The smallest absolute Gasteiger partial charge is 0.289 e. The minimum Gasteiger partial charge on any atom is -0.451 e. The van der Waals surface area contributed by atoms with Crippen LogP contribution >= 0.6 is 12.4 Å². The van der Waals surface area contributed by atoms with Crippen LogP contribution in [0, 0.1) is 0 Å². The number of rotatable bonds is 1. The van der Waals surface area contributed by atoms with Crippen molar-refractivity contribution in [2.45, 2.75) is 25.9 Å². The number of furan rings is 1. The Morgan fingerprint density at radius 1 is 1.25 bits per heavy atom. The summed E-state index contributed by atoms with van der Waals surface area (Å²) in [6.07, 6.45) is 0. The molecule has 1 aromatic heterocycles. The van der Waals surface area contributed by atoms with Crippen LogP contribution in [0.4, 0.5) is 0 Å². The molecule has 2 heterocycles. The first kappa shape index (κ1) is 14.9. The highest BCUT2D eigenvalue weighted by molar-refractivity contribution is 5.96. The van der Waals surface area contributed by atoms with Gasteiger partial charge in [0.2, 0.25) is 0 Å². The Morgan fingerprint density at radius 2 is 1.90 bits per heavy atom. The van der Waals surface area contributed by atoms with Crippen molar-refractivity contribution in [1.82, 2.24) is 10.2 Å². The fraction of sp³-hybridized carbons (Fsp3) is 0.400. The van der Waals surface area contributed by atoms with Crippen molar-refractivity contribution >= 4 is 29.3 Å². The Bertz CT molecular complexity index is 568. The number of fused-ring (bicyclic) bond motifs is 1. The number of hydrogen-bond acceptors (Lipinski definition) is 3. The molecule has 1 amide bonds. The van der Waals surface area contributed by atoms with Crippen molar-refractivity contribution in [2.75, 3.05) is 13.1 Å². The normalized spacial score (nSPS) is 22.6. The van der Waals surface area contributed by atoms with E-state index < -0.39 is 0 Å². The highest BCUT2D eigenvalue weighted by Gasteiger charge is 2.27. The van der Waals surface area contributed by atoms with E-state index in [2.05, 4.69) is 19.2 Å². The molecule has 2 unspecified atom stereocenters. The first-order valence-electron chi connectivity index (χ1n) is 6.67. The second-order valence-corrected chi connectivity index (χ2v) is 5.33. The highest BCUT2D eigenvalue weighted by atomic mass is 35.5. The number of nitrogens with zero attached hydrogens (tertiary/aromatic N) is 1. The van der Waals surface area contributed by atoms with E-state index in [1.807, 2.05) is 35.2 Å². The van der Waals surface area contributed by atoms with Crippen LogP contribution in [0.3, 0.4) is 0 Å². The number of amides is 1. The molecule has 1 N–H and O–H groups in total. The van der Waals surface area contributed by atoms with Crippen LogP contribution in [0.5, 0.6) is 0 Å². The summed E-state index contributed by atoms with van der Waals surface area (Å²) in [5, 5.41) is 4.39. The molecule has 1 aliphatic heterocycles. The van der Waals surface area contributed by atoms with Gasteiger partial charge in [0.25, 0.3) is 5.91 Å². The Morgan fingerprint density at radius 3 is 2.55 bits per heavy atom. The van der Waals surface area contributed by atoms with Gasteiger partial charge >= 0.3 is 0 Å². The fourth-order valence-electron chi connectivity index (χ4n) is 2.74. The zero-order chi connectivity index (χ0) is 13.4. The van der Waals surface area contributed by atoms with Crippen LogP contribution in [0.25, 0.3) is 11.0 Å². The topological polar surface area (TPSA) is 45.5 Å². The van der Waals surface area contributed by atoms with Gasteiger partial charge in [-0.15, -0.1) is 12.4 Å². The van der Waals surface area contributed by atoms with Gasteiger partial charge in [-0.2, -0.15) is 0 Å². The first-order chi connectivity index (χ1) is 9.13. The lowest BCUT2D eigenvalue weighted by Crippen LogP contribution is -2.55. The zero-order valence-corrected chi connectivity index (χ0v) is 12.4. The number of halogens is 1. The molecule has 0 radical (unpaired) electrons. The molecular formula is C15H19ClN2O2. The lowest BCUT2D eigenvalue weighted by molar-refractivity contribution is 0.0644. The highest BCUT2D eigenvalue weighted by Crippen LogP contribution is 2.20. The van der Waals surface area contributed by atoms with Gasteiger partial charge < -0.3 is 14.6 Å². The summed E-state index contributed by atoms with van der Waals surface area (Å²) < 4.78 is 5.64. The maximum atomic E-state index is 12.5. The van der Waals surface area contributed by atoms with Gasteiger partial charge in [0, 0.05) is 30.6 Å². The lowest BCUT2D eigenvalue weighted by atomic mass is 10.1. The third kappa shape index (κ3) is 2.81. The lowest BCUT2D eigenvalue weighted by Gasteiger charge is -2.35. The van der Waals surface area contributed by atoms with Gasteiger partial charge in [0.15, 0.2) is 5.76 Å². The number of carbonyl (C=O) groups excluding carboxylic acids is 1. The van der Waals surface area contributed by atoms with E-state index in [0.29, 0.717) is 17.8 Å². The van der Waals surface area contributed by atoms with Crippen LogP contribution in [-0.2, 0) is 0 Å². The van der Waals surface area contributed by atoms with E-state index in [0.717, 1.165) is 24.1 Å². The molecule has 1 aliphatic rings. The molecule has 2 atom stereocenters. The van der Waals surface area contributed by atoms with Crippen LogP contribution in [0.15, 0.2) is 34.7 Å². The van der Waals surface area contributed by atoms with E-state index in [4.69, 9.17) is 4.42 Å². The van der Waals surface area contributed by atoms with Gasteiger partial charge in [-0.3, -0.25) is 4.79 Å². The summed E-state index contributed by atoms with van der Waals surface area (Å²) in [5.41, 5.74) is 0.766. The minimum absolute atomic E-state index is 0. The molecular weight excluding hydrogens is 276 g/mol. The molecule has 1 aromatic carbocycles. The second-order valence-electron chi connectivity index (χ2n) is 5.33. The number of hydrogen-bond donors (Lipinski definition) is 1. The Kier molecular flexibility index (Phi) is 4.35.